The Labute approximate surface area is 121 Å². The lowest BCUT2D eigenvalue weighted by atomic mass is 10.2. The normalized spacial score (nSPS) is 18.9. The summed E-state index contributed by atoms with van der Waals surface area (Å²) in [4.78, 5) is 16.4. The van der Waals surface area contributed by atoms with Gasteiger partial charge in [0.2, 0.25) is 5.91 Å². The van der Waals surface area contributed by atoms with Gasteiger partial charge in [0.05, 0.1) is 4.83 Å². The summed E-state index contributed by atoms with van der Waals surface area (Å²) in [5, 5.41) is 4.31. The Balaban J connectivity index is 1.79. The lowest BCUT2D eigenvalue weighted by Gasteiger charge is -2.35. The molecule has 1 unspecified atom stereocenters. The number of rotatable bonds is 4. The molecule has 0 aromatic carbocycles. The maximum Gasteiger partial charge on any atom is 0.236 e. The molecule has 0 bridgehead atoms. The fourth-order valence-corrected chi connectivity index (χ4v) is 3.09. The van der Waals surface area contributed by atoms with Gasteiger partial charge >= 0.3 is 0 Å². The zero-order valence-electron chi connectivity index (χ0n) is 10.6. The van der Waals surface area contributed by atoms with E-state index in [4.69, 9.17) is 0 Å². The molecule has 0 N–H and O–H groups in total. The molecule has 1 amide bonds. The third-order valence-electron chi connectivity index (χ3n) is 3.30. The van der Waals surface area contributed by atoms with E-state index in [0.29, 0.717) is 0 Å². The standard InChI is InChI=1S/C13H19BrN2OS/c1-2-12(14)13(17)16-6-4-15(5-7-16)9-11-3-8-18-10-11/h3,8,10,12H,2,4-7,9H2,1H3. The highest BCUT2D eigenvalue weighted by atomic mass is 79.9. The van der Waals surface area contributed by atoms with Gasteiger partial charge in [0.1, 0.15) is 0 Å². The molecule has 2 heterocycles. The lowest BCUT2D eigenvalue weighted by molar-refractivity contribution is -0.132. The molecular weight excluding hydrogens is 312 g/mol. The van der Waals surface area contributed by atoms with E-state index in [2.05, 4.69) is 37.7 Å². The van der Waals surface area contributed by atoms with Crippen LogP contribution < -0.4 is 0 Å². The summed E-state index contributed by atoms with van der Waals surface area (Å²) in [5.41, 5.74) is 1.38. The molecule has 1 aliphatic heterocycles. The number of nitrogens with zero attached hydrogens (tertiary/aromatic N) is 2. The predicted molar refractivity (Wildman–Crippen MR) is 79.2 cm³/mol. The fourth-order valence-electron chi connectivity index (χ4n) is 2.14. The van der Waals surface area contributed by atoms with E-state index >= 15 is 0 Å². The minimum atomic E-state index is -0.0130. The third kappa shape index (κ3) is 3.56. The number of hydrogen-bond donors (Lipinski definition) is 0. The number of thiophene rings is 1. The van der Waals surface area contributed by atoms with E-state index in [0.717, 1.165) is 39.1 Å². The zero-order valence-corrected chi connectivity index (χ0v) is 13.0. The average Bonchev–Trinajstić information content (AvgIpc) is 2.91. The molecule has 100 valence electrons. The molecule has 0 radical (unpaired) electrons. The third-order valence-corrected chi connectivity index (χ3v) is 5.07. The first-order chi connectivity index (χ1) is 8.70. The molecule has 0 aliphatic carbocycles. The molecule has 18 heavy (non-hydrogen) atoms. The first kappa shape index (κ1) is 14.0. The van der Waals surface area contributed by atoms with Gasteiger partial charge < -0.3 is 4.90 Å². The van der Waals surface area contributed by atoms with Crippen molar-refractivity contribution in [2.75, 3.05) is 26.2 Å². The summed E-state index contributed by atoms with van der Waals surface area (Å²) in [6, 6.07) is 2.17. The monoisotopic (exact) mass is 330 g/mol. The second kappa shape index (κ2) is 6.68. The van der Waals surface area contributed by atoms with Crippen molar-refractivity contribution in [2.45, 2.75) is 24.7 Å². The quantitative estimate of drug-likeness (QED) is 0.792. The molecule has 1 aliphatic rings. The topological polar surface area (TPSA) is 23.6 Å². The Morgan fingerprint density at radius 3 is 2.72 bits per heavy atom. The van der Waals surface area contributed by atoms with Crippen molar-refractivity contribution in [3.05, 3.63) is 22.4 Å². The second-order valence-corrected chi connectivity index (χ2v) is 6.49. The van der Waals surface area contributed by atoms with Gasteiger partial charge in [0, 0.05) is 32.7 Å². The fraction of sp³-hybridized carbons (Fsp3) is 0.615. The molecule has 1 aromatic rings. The Hall–Kier alpha value is -0.390. The van der Waals surface area contributed by atoms with E-state index in [1.807, 2.05) is 11.8 Å². The molecule has 0 saturated carbocycles. The van der Waals surface area contributed by atoms with Gasteiger partial charge in [0.25, 0.3) is 0 Å². The smallest absolute Gasteiger partial charge is 0.236 e. The molecule has 1 aromatic heterocycles. The molecule has 1 saturated heterocycles. The number of halogens is 1. The van der Waals surface area contributed by atoms with Crippen molar-refractivity contribution in [2.24, 2.45) is 0 Å². The van der Waals surface area contributed by atoms with E-state index in [-0.39, 0.29) is 10.7 Å². The van der Waals surface area contributed by atoms with Crippen LogP contribution in [0.2, 0.25) is 0 Å². The molecule has 2 rings (SSSR count). The van der Waals surface area contributed by atoms with Crippen molar-refractivity contribution in [1.29, 1.82) is 0 Å². The Morgan fingerprint density at radius 2 is 2.17 bits per heavy atom. The lowest BCUT2D eigenvalue weighted by Crippen LogP contribution is -2.50. The highest BCUT2D eigenvalue weighted by Crippen LogP contribution is 2.14. The van der Waals surface area contributed by atoms with Gasteiger partial charge in [0.15, 0.2) is 0 Å². The summed E-state index contributed by atoms with van der Waals surface area (Å²) in [5.74, 6) is 0.243. The zero-order chi connectivity index (χ0) is 13.0. The van der Waals surface area contributed by atoms with Gasteiger partial charge in [-0.1, -0.05) is 22.9 Å². The maximum absolute atomic E-state index is 12.0. The maximum atomic E-state index is 12.0. The van der Waals surface area contributed by atoms with Crippen LogP contribution in [0.3, 0.4) is 0 Å². The van der Waals surface area contributed by atoms with Crippen LogP contribution in [0.4, 0.5) is 0 Å². The largest absolute Gasteiger partial charge is 0.339 e. The summed E-state index contributed by atoms with van der Waals surface area (Å²) in [7, 11) is 0. The number of hydrogen-bond acceptors (Lipinski definition) is 3. The van der Waals surface area contributed by atoms with Crippen molar-refractivity contribution < 1.29 is 4.79 Å². The van der Waals surface area contributed by atoms with E-state index in [1.54, 1.807) is 11.3 Å². The SMILES string of the molecule is CCC(Br)C(=O)N1CCN(Cc2ccsc2)CC1. The van der Waals surface area contributed by atoms with Gasteiger partial charge in [-0.25, -0.2) is 0 Å². The van der Waals surface area contributed by atoms with Crippen LogP contribution in [0.5, 0.6) is 0 Å². The van der Waals surface area contributed by atoms with Gasteiger partial charge in [-0.2, -0.15) is 11.3 Å². The van der Waals surface area contributed by atoms with Crippen molar-refractivity contribution in [1.82, 2.24) is 9.80 Å². The van der Waals surface area contributed by atoms with Crippen LogP contribution in [-0.4, -0.2) is 46.7 Å². The van der Waals surface area contributed by atoms with E-state index in [1.165, 1.54) is 5.56 Å². The van der Waals surface area contributed by atoms with E-state index < -0.39 is 0 Å². The number of alkyl halides is 1. The molecule has 1 fully saturated rings. The summed E-state index contributed by atoms with van der Waals surface area (Å²) < 4.78 is 0. The second-order valence-electron chi connectivity index (χ2n) is 4.61. The Kier molecular flexibility index (Phi) is 5.21. The summed E-state index contributed by atoms with van der Waals surface area (Å²) in [6.45, 7) is 6.70. The molecule has 0 spiro atoms. The summed E-state index contributed by atoms with van der Waals surface area (Å²) >= 11 is 5.18. The van der Waals surface area contributed by atoms with Crippen LogP contribution in [0.1, 0.15) is 18.9 Å². The van der Waals surface area contributed by atoms with Crippen LogP contribution in [0.15, 0.2) is 16.8 Å². The van der Waals surface area contributed by atoms with Gasteiger partial charge in [-0.15, -0.1) is 0 Å². The van der Waals surface area contributed by atoms with Crippen LogP contribution in [0, 0.1) is 0 Å². The Bertz CT molecular complexity index is 374. The summed E-state index contributed by atoms with van der Waals surface area (Å²) in [6.07, 6.45) is 0.855. The van der Waals surface area contributed by atoms with Crippen LogP contribution >= 0.6 is 27.3 Å². The molecular formula is C13H19BrN2OS. The Morgan fingerprint density at radius 1 is 1.44 bits per heavy atom. The van der Waals surface area contributed by atoms with Crippen molar-refractivity contribution >= 4 is 33.2 Å². The number of carbonyl (C=O) groups is 1. The van der Waals surface area contributed by atoms with Crippen molar-refractivity contribution in [3.63, 3.8) is 0 Å². The van der Waals surface area contributed by atoms with Crippen molar-refractivity contribution in [3.8, 4) is 0 Å². The minimum Gasteiger partial charge on any atom is -0.339 e. The number of carbonyl (C=O) groups excluding carboxylic acids is 1. The van der Waals surface area contributed by atoms with E-state index in [9.17, 15) is 4.79 Å². The minimum absolute atomic E-state index is 0.0130. The number of piperazine rings is 1. The van der Waals surface area contributed by atoms with Crippen LogP contribution in [-0.2, 0) is 11.3 Å². The highest BCUT2D eigenvalue weighted by molar-refractivity contribution is 9.10. The van der Waals surface area contributed by atoms with Crippen LogP contribution in [0.25, 0.3) is 0 Å². The number of amides is 1. The molecule has 5 heteroatoms. The predicted octanol–water partition coefficient (Wildman–Crippen LogP) is 2.57. The average molecular weight is 331 g/mol. The van der Waals surface area contributed by atoms with Gasteiger partial charge in [-0.3, -0.25) is 9.69 Å². The molecule has 3 nitrogen and oxygen atoms in total. The molecule has 1 atom stereocenters. The van der Waals surface area contributed by atoms with Gasteiger partial charge in [-0.05, 0) is 28.8 Å². The highest BCUT2D eigenvalue weighted by Gasteiger charge is 2.24. The first-order valence-electron chi connectivity index (χ1n) is 6.37. The first-order valence-corrected chi connectivity index (χ1v) is 8.23.